The number of nitrogens with two attached hydrogens (primary N) is 1. The van der Waals surface area contributed by atoms with E-state index in [0.717, 1.165) is 62.1 Å². The summed E-state index contributed by atoms with van der Waals surface area (Å²) in [5.74, 6) is -1.59. The van der Waals surface area contributed by atoms with Crippen LogP contribution in [-0.2, 0) is 0 Å². The Hall–Kier alpha value is -3.38. The van der Waals surface area contributed by atoms with E-state index >= 15 is 0 Å². The van der Waals surface area contributed by atoms with E-state index in [-0.39, 0.29) is 16.8 Å². The molecule has 2 N–H and O–H groups in total. The molecule has 0 saturated carbocycles. The highest BCUT2D eigenvalue weighted by molar-refractivity contribution is 6.35. The summed E-state index contributed by atoms with van der Waals surface area (Å²) in [5, 5.41) is 1.20. The van der Waals surface area contributed by atoms with Crippen LogP contribution < -0.4 is 5.73 Å². The summed E-state index contributed by atoms with van der Waals surface area (Å²) < 4.78 is 29.0. The van der Waals surface area contributed by atoms with Crippen molar-refractivity contribution in [3.63, 3.8) is 0 Å². The van der Waals surface area contributed by atoms with Crippen LogP contribution in [0.5, 0.6) is 0 Å². The number of nitrogens with zero attached hydrogens (tertiary/aromatic N) is 3. The zero-order valence-electron chi connectivity index (χ0n) is 20.6. The van der Waals surface area contributed by atoms with Crippen molar-refractivity contribution < 1.29 is 8.78 Å². The van der Waals surface area contributed by atoms with Crippen LogP contribution in [0.15, 0.2) is 61.8 Å². The van der Waals surface area contributed by atoms with Gasteiger partial charge in [0.2, 0.25) is 0 Å². The molecule has 36 heavy (non-hydrogen) atoms. The Balaban J connectivity index is 1.58. The summed E-state index contributed by atoms with van der Waals surface area (Å²) >= 11 is 6.53. The SMILES string of the molecule is C=C(N)c1c(F)cc(-c2cc(Cl)c3ccc(C(=C)N4CCN(C(=C)CCCC)CC4)cc3n2)cc1F. The van der Waals surface area contributed by atoms with E-state index in [1.54, 1.807) is 6.07 Å². The number of rotatable bonds is 8. The van der Waals surface area contributed by atoms with Crippen molar-refractivity contribution in [2.24, 2.45) is 5.73 Å². The molecule has 1 fully saturated rings. The first-order valence-corrected chi connectivity index (χ1v) is 12.5. The number of allylic oxidation sites excluding steroid dienone is 1. The van der Waals surface area contributed by atoms with Crippen molar-refractivity contribution >= 4 is 33.9 Å². The first-order chi connectivity index (χ1) is 17.2. The summed E-state index contributed by atoms with van der Waals surface area (Å²) in [6.45, 7) is 17.7. The Morgan fingerprint density at radius 1 is 1.00 bits per heavy atom. The van der Waals surface area contributed by atoms with E-state index in [1.807, 2.05) is 18.2 Å². The summed E-state index contributed by atoms with van der Waals surface area (Å²) in [6.07, 6.45) is 3.36. The lowest BCUT2D eigenvalue weighted by Gasteiger charge is -2.39. The van der Waals surface area contributed by atoms with Gasteiger partial charge in [-0.2, -0.15) is 0 Å². The highest BCUT2D eigenvalue weighted by atomic mass is 35.5. The topological polar surface area (TPSA) is 45.4 Å². The lowest BCUT2D eigenvalue weighted by Crippen LogP contribution is -2.44. The highest BCUT2D eigenvalue weighted by Crippen LogP contribution is 2.32. The Kier molecular flexibility index (Phi) is 7.65. The molecule has 0 atom stereocenters. The molecule has 4 nitrogen and oxygen atoms in total. The molecule has 188 valence electrons. The van der Waals surface area contributed by atoms with Crippen LogP contribution in [0.2, 0.25) is 5.02 Å². The predicted octanol–water partition coefficient (Wildman–Crippen LogP) is 7.06. The first kappa shape index (κ1) is 25.7. The third-order valence-electron chi connectivity index (χ3n) is 6.68. The maximum Gasteiger partial charge on any atom is 0.136 e. The Bertz CT molecular complexity index is 1320. The van der Waals surface area contributed by atoms with Gasteiger partial charge in [-0.1, -0.05) is 56.8 Å². The van der Waals surface area contributed by atoms with Crippen LogP contribution in [-0.4, -0.2) is 41.0 Å². The zero-order valence-corrected chi connectivity index (χ0v) is 21.3. The van der Waals surface area contributed by atoms with Gasteiger partial charge < -0.3 is 15.5 Å². The van der Waals surface area contributed by atoms with Crippen LogP contribution in [0.1, 0.15) is 37.3 Å². The molecular weight excluding hydrogens is 478 g/mol. The van der Waals surface area contributed by atoms with E-state index in [4.69, 9.17) is 17.3 Å². The van der Waals surface area contributed by atoms with Gasteiger partial charge in [-0.15, -0.1) is 0 Å². The lowest BCUT2D eigenvalue weighted by molar-refractivity contribution is 0.209. The Labute approximate surface area is 216 Å². The van der Waals surface area contributed by atoms with Crippen LogP contribution >= 0.6 is 11.6 Å². The zero-order chi connectivity index (χ0) is 26.0. The lowest BCUT2D eigenvalue weighted by atomic mass is 10.0. The molecule has 1 saturated heterocycles. The number of benzene rings is 2. The Morgan fingerprint density at radius 2 is 1.64 bits per heavy atom. The van der Waals surface area contributed by atoms with Gasteiger partial charge in [0, 0.05) is 54.2 Å². The van der Waals surface area contributed by atoms with Crippen molar-refractivity contribution in [1.29, 1.82) is 0 Å². The molecule has 0 bridgehead atoms. The van der Waals surface area contributed by atoms with Crippen molar-refractivity contribution in [3.8, 4) is 11.3 Å². The number of piperazine rings is 1. The minimum Gasteiger partial charge on any atom is -0.399 e. The second-order valence-electron chi connectivity index (χ2n) is 9.15. The largest absolute Gasteiger partial charge is 0.399 e. The van der Waals surface area contributed by atoms with E-state index in [0.29, 0.717) is 16.2 Å². The number of hydrogen-bond donors (Lipinski definition) is 1. The van der Waals surface area contributed by atoms with Crippen molar-refractivity contribution in [1.82, 2.24) is 14.8 Å². The highest BCUT2D eigenvalue weighted by Gasteiger charge is 2.20. The van der Waals surface area contributed by atoms with Crippen LogP contribution in [0.25, 0.3) is 33.6 Å². The van der Waals surface area contributed by atoms with Crippen LogP contribution in [0, 0.1) is 11.6 Å². The molecule has 2 aromatic carbocycles. The number of aromatic nitrogens is 1. The summed E-state index contributed by atoms with van der Waals surface area (Å²) in [7, 11) is 0. The quantitative estimate of drug-likeness (QED) is 0.354. The van der Waals surface area contributed by atoms with Gasteiger partial charge in [-0.05, 0) is 42.7 Å². The molecule has 0 aliphatic carbocycles. The van der Waals surface area contributed by atoms with E-state index in [9.17, 15) is 8.78 Å². The number of unbranched alkanes of at least 4 members (excludes halogenated alkanes) is 1. The number of pyridine rings is 1. The molecule has 3 aromatic rings. The third-order valence-corrected chi connectivity index (χ3v) is 6.99. The molecule has 0 radical (unpaired) electrons. The van der Waals surface area contributed by atoms with Crippen LogP contribution in [0.4, 0.5) is 8.78 Å². The van der Waals surface area contributed by atoms with Gasteiger partial charge in [0.05, 0.1) is 21.8 Å². The van der Waals surface area contributed by atoms with Crippen molar-refractivity contribution in [2.75, 3.05) is 26.2 Å². The standard InChI is InChI=1S/C29H31ClF2N4/c1-5-6-7-18(2)35-10-12-36(13-11-35)20(4)21-8-9-23-24(30)17-27(34-28(23)16-21)22-14-25(31)29(19(3)33)26(32)15-22/h8-9,14-17H,2-7,10-13,33H2,1H3. The van der Waals surface area contributed by atoms with Gasteiger partial charge in [-0.25, -0.2) is 13.8 Å². The van der Waals surface area contributed by atoms with Crippen LogP contribution in [0.3, 0.4) is 0 Å². The number of halogens is 3. The average molecular weight is 509 g/mol. The molecule has 0 amide bonds. The normalized spacial score (nSPS) is 13.8. The summed E-state index contributed by atoms with van der Waals surface area (Å²) in [6, 6.07) is 9.79. The number of hydrogen-bond acceptors (Lipinski definition) is 4. The van der Waals surface area contributed by atoms with E-state index in [2.05, 4.69) is 41.4 Å². The average Bonchev–Trinajstić information content (AvgIpc) is 2.85. The predicted molar refractivity (Wildman–Crippen MR) is 146 cm³/mol. The van der Waals surface area contributed by atoms with E-state index < -0.39 is 11.6 Å². The maximum atomic E-state index is 14.5. The molecule has 1 aliphatic heterocycles. The third kappa shape index (κ3) is 5.24. The molecule has 0 unspecified atom stereocenters. The molecule has 2 heterocycles. The second kappa shape index (κ2) is 10.7. The summed E-state index contributed by atoms with van der Waals surface area (Å²) in [4.78, 5) is 9.29. The molecular formula is C29H31ClF2N4. The van der Waals surface area contributed by atoms with Gasteiger partial charge in [0.25, 0.3) is 0 Å². The van der Waals surface area contributed by atoms with E-state index in [1.165, 1.54) is 17.8 Å². The molecule has 0 spiro atoms. The van der Waals surface area contributed by atoms with Gasteiger partial charge in [-0.3, -0.25) is 0 Å². The molecule has 1 aliphatic rings. The first-order valence-electron chi connectivity index (χ1n) is 12.1. The monoisotopic (exact) mass is 508 g/mol. The fourth-order valence-electron chi connectivity index (χ4n) is 4.56. The maximum absolute atomic E-state index is 14.5. The van der Waals surface area contributed by atoms with Crippen molar-refractivity contribution in [2.45, 2.75) is 26.2 Å². The minimum absolute atomic E-state index is 0.171. The minimum atomic E-state index is -0.797. The Morgan fingerprint density at radius 3 is 2.25 bits per heavy atom. The van der Waals surface area contributed by atoms with Gasteiger partial charge in [0.1, 0.15) is 11.6 Å². The molecule has 1 aromatic heterocycles. The fraction of sp³-hybridized carbons (Fsp3) is 0.276. The fourth-order valence-corrected chi connectivity index (χ4v) is 4.82. The molecule has 4 rings (SSSR count). The van der Waals surface area contributed by atoms with Crippen molar-refractivity contribution in [3.05, 3.63) is 89.6 Å². The van der Waals surface area contributed by atoms with Gasteiger partial charge in [0.15, 0.2) is 0 Å². The second-order valence-corrected chi connectivity index (χ2v) is 9.56. The number of fused-ring (bicyclic) bond motifs is 1. The smallest absolute Gasteiger partial charge is 0.136 e. The summed E-state index contributed by atoms with van der Waals surface area (Å²) in [5.41, 5.74) is 9.30. The van der Waals surface area contributed by atoms with Gasteiger partial charge >= 0.3 is 0 Å². The molecule has 7 heteroatoms.